The maximum atomic E-state index is 12.9. The molecule has 0 saturated carbocycles. The Hall–Kier alpha value is -1.74. The van der Waals surface area contributed by atoms with Crippen molar-refractivity contribution in [2.24, 2.45) is 5.73 Å². The summed E-state index contributed by atoms with van der Waals surface area (Å²) in [7, 11) is 0. The molecule has 2 nitrogen and oxygen atoms in total. The second-order valence-electron chi connectivity index (χ2n) is 5.11. The lowest BCUT2D eigenvalue weighted by Crippen LogP contribution is -2.28. The van der Waals surface area contributed by atoms with Crippen LogP contribution in [0.4, 0.5) is 4.39 Å². The van der Waals surface area contributed by atoms with Crippen LogP contribution in [0, 0.1) is 12.7 Å². The zero-order valence-electron chi connectivity index (χ0n) is 10.9. The SMILES string of the molecule is Cc1cc(C(C)(C)N)cc(-c2ccc(F)cc2)n1. The van der Waals surface area contributed by atoms with E-state index in [1.807, 2.05) is 32.9 Å². The van der Waals surface area contributed by atoms with Crippen molar-refractivity contribution >= 4 is 0 Å². The van der Waals surface area contributed by atoms with Crippen molar-refractivity contribution < 1.29 is 4.39 Å². The van der Waals surface area contributed by atoms with Gasteiger partial charge in [0, 0.05) is 16.8 Å². The Kier molecular flexibility index (Phi) is 3.18. The van der Waals surface area contributed by atoms with Crippen LogP contribution in [0.25, 0.3) is 11.3 Å². The first-order valence-corrected chi connectivity index (χ1v) is 5.90. The fourth-order valence-electron chi connectivity index (χ4n) is 1.81. The van der Waals surface area contributed by atoms with Crippen LogP contribution in [-0.4, -0.2) is 4.98 Å². The van der Waals surface area contributed by atoms with Gasteiger partial charge in [0.1, 0.15) is 5.82 Å². The van der Waals surface area contributed by atoms with Crippen molar-refractivity contribution in [3.63, 3.8) is 0 Å². The summed E-state index contributed by atoms with van der Waals surface area (Å²) < 4.78 is 12.9. The predicted octanol–water partition coefficient (Wildman–Crippen LogP) is 3.39. The van der Waals surface area contributed by atoms with Crippen LogP contribution in [-0.2, 0) is 5.54 Å². The van der Waals surface area contributed by atoms with Crippen molar-refractivity contribution in [1.82, 2.24) is 4.98 Å². The fourth-order valence-corrected chi connectivity index (χ4v) is 1.81. The molecule has 0 aliphatic heterocycles. The van der Waals surface area contributed by atoms with Gasteiger partial charge in [-0.15, -0.1) is 0 Å². The normalized spacial score (nSPS) is 11.6. The molecule has 94 valence electrons. The van der Waals surface area contributed by atoms with Gasteiger partial charge in [-0.3, -0.25) is 4.98 Å². The van der Waals surface area contributed by atoms with Crippen LogP contribution < -0.4 is 5.73 Å². The first-order valence-electron chi connectivity index (χ1n) is 5.90. The van der Waals surface area contributed by atoms with Crippen LogP contribution in [0.15, 0.2) is 36.4 Å². The number of benzene rings is 1. The molecule has 0 amide bonds. The summed E-state index contributed by atoms with van der Waals surface area (Å²) in [5.41, 5.74) is 9.34. The van der Waals surface area contributed by atoms with Crippen LogP contribution >= 0.6 is 0 Å². The molecule has 1 aromatic heterocycles. The zero-order chi connectivity index (χ0) is 13.3. The number of hydrogen-bond acceptors (Lipinski definition) is 2. The molecule has 0 aliphatic carbocycles. The smallest absolute Gasteiger partial charge is 0.123 e. The van der Waals surface area contributed by atoms with Crippen molar-refractivity contribution in [3.05, 3.63) is 53.5 Å². The van der Waals surface area contributed by atoms with E-state index in [-0.39, 0.29) is 5.82 Å². The van der Waals surface area contributed by atoms with Crippen LogP contribution in [0.5, 0.6) is 0 Å². The molecule has 0 unspecified atom stereocenters. The molecule has 1 aromatic carbocycles. The van der Waals surface area contributed by atoms with Crippen molar-refractivity contribution in [2.45, 2.75) is 26.3 Å². The minimum Gasteiger partial charge on any atom is -0.322 e. The highest BCUT2D eigenvalue weighted by molar-refractivity contribution is 5.60. The Morgan fingerprint density at radius 2 is 1.72 bits per heavy atom. The molecule has 0 aliphatic rings. The van der Waals surface area contributed by atoms with Crippen molar-refractivity contribution in [2.75, 3.05) is 0 Å². The minimum atomic E-state index is -0.414. The highest BCUT2D eigenvalue weighted by Gasteiger charge is 2.16. The molecule has 3 heteroatoms. The molecular formula is C15H17FN2. The number of hydrogen-bond donors (Lipinski definition) is 1. The molecule has 18 heavy (non-hydrogen) atoms. The lowest BCUT2D eigenvalue weighted by molar-refractivity contribution is 0.553. The van der Waals surface area contributed by atoms with Gasteiger partial charge in [0.25, 0.3) is 0 Å². The van der Waals surface area contributed by atoms with E-state index in [1.54, 1.807) is 12.1 Å². The number of pyridine rings is 1. The molecule has 0 spiro atoms. The fraction of sp³-hybridized carbons (Fsp3) is 0.267. The van der Waals surface area contributed by atoms with Crippen LogP contribution in [0.2, 0.25) is 0 Å². The van der Waals surface area contributed by atoms with E-state index < -0.39 is 5.54 Å². The minimum absolute atomic E-state index is 0.245. The first kappa shape index (κ1) is 12.7. The van der Waals surface area contributed by atoms with E-state index in [0.717, 1.165) is 22.5 Å². The number of rotatable bonds is 2. The highest BCUT2D eigenvalue weighted by Crippen LogP contribution is 2.24. The van der Waals surface area contributed by atoms with Gasteiger partial charge < -0.3 is 5.73 Å². The average molecular weight is 244 g/mol. The summed E-state index contributed by atoms with van der Waals surface area (Å²) in [4.78, 5) is 4.47. The van der Waals surface area contributed by atoms with Gasteiger partial charge in [-0.2, -0.15) is 0 Å². The molecule has 0 fully saturated rings. The number of nitrogens with two attached hydrogens (primary N) is 1. The number of aryl methyl sites for hydroxylation is 1. The third-order valence-electron chi connectivity index (χ3n) is 2.84. The Bertz CT molecular complexity index is 554. The second-order valence-corrected chi connectivity index (χ2v) is 5.11. The van der Waals surface area contributed by atoms with Gasteiger partial charge in [-0.05, 0) is 62.7 Å². The van der Waals surface area contributed by atoms with Gasteiger partial charge in [-0.1, -0.05) is 0 Å². The summed E-state index contributed by atoms with van der Waals surface area (Å²) in [5.74, 6) is -0.245. The Morgan fingerprint density at radius 1 is 1.11 bits per heavy atom. The monoisotopic (exact) mass is 244 g/mol. The van der Waals surface area contributed by atoms with Gasteiger partial charge >= 0.3 is 0 Å². The van der Waals surface area contributed by atoms with E-state index in [9.17, 15) is 4.39 Å². The first-order chi connectivity index (χ1) is 8.36. The third-order valence-corrected chi connectivity index (χ3v) is 2.84. The molecule has 0 atom stereocenters. The average Bonchev–Trinajstić information content (AvgIpc) is 2.28. The topological polar surface area (TPSA) is 38.9 Å². The molecule has 2 rings (SSSR count). The van der Waals surface area contributed by atoms with E-state index >= 15 is 0 Å². The van der Waals surface area contributed by atoms with E-state index in [4.69, 9.17) is 5.73 Å². The van der Waals surface area contributed by atoms with E-state index in [1.165, 1.54) is 12.1 Å². The maximum absolute atomic E-state index is 12.9. The van der Waals surface area contributed by atoms with Crippen LogP contribution in [0.1, 0.15) is 25.1 Å². The molecule has 1 heterocycles. The van der Waals surface area contributed by atoms with Crippen LogP contribution in [0.3, 0.4) is 0 Å². The van der Waals surface area contributed by atoms with Gasteiger partial charge in [-0.25, -0.2) is 4.39 Å². The molecule has 2 aromatic rings. The Morgan fingerprint density at radius 3 is 2.28 bits per heavy atom. The highest BCUT2D eigenvalue weighted by atomic mass is 19.1. The summed E-state index contributed by atoms with van der Waals surface area (Å²) in [5, 5.41) is 0. The van der Waals surface area contributed by atoms with Gasteiger partial charge in [0.05, 0.1) is 5.69 Å². The van der Waals surface area contributed by atoms with E-state index in [0.29, 0.717) is 0 Å². The summed E-state index contributed by atoms with van der Waals surface area (Å²) >= 11 is 0. The second kappa shape index (κ2) is 4.50. The lowest BCUT2D eigenvalue weighted by Gasteiger charge is -2.20. The summed E-state index contributed by atoms with van der Waals surface area (Å²) in [6, 6.07) is 10.3. The zero-order valence-corrected chi connectivity index (χ0v) is 10.9. The largest absolute Gasteiger partial charge is 0.322 e. The molecule has 0 radical (unpaired) electrons. The van der Waals surface area contributed by atoms with Gasteiger partial charge in [0.2, 0.25) is 0 Å². The maximum Gasteiger partial charge on any atom is 0.123 e. The molecule has 0 bridgehead atoms. The number of halogens is 1. The van der Waals surface area contributed by atoms with Crippen molar-refractivity contribution in [3.8, 4) is 11.3 Å². The summed E-state index contributed by atoms with van der Waals surface area (Å²) in [6.45, 7) is 5.84. The van der Waals surface area contributed by atoms with Gasteiger partial charge in [0.15, 0.2) is 0 Å². The lowest BCUT2D eigenvalue weighted by atomic mass is 9.94. The molecule has 0 saturated heterocycles. The molecular weight excluding hydrogens is 227 g/mol. The van der Waals surface area contributed by atoms with E-state index in [2.05, 4.69) is 4.98 Å². The Labute approximate surface area is 107 Å². The third kappa shape index (κ3) is 2.74. The standard InChI is InChI=1S/C15H17FN2/c1-10-8-12(15(2,3)17)9-14(18-10)11-4-6-13(16)7-5-11/h4-9H,17H2,1-3H3. The Balaban J connectivity index is 2.52. The number of nitrogens with zero attached hydrogens (tertiary/aromatic N) is 1. The summed E-state index contributed by atoms with van der Waals surface area (Å²) in [6.07, 6.45) is 0. The predicted molar refractivity (Wildman–Crippen MR) is 71.6 cm³/mol. The number of aromatic nitrogens is 1. The quantitative estimate of drug-likeness (QED) is 0.879. The molecule has 2 N–H and O–H groups in total. The van der Waals surface area contributed by atoms with Crippen molar-refractivity contribution in [1.29, 1.82) is 0 Å².